The fourth-order valence-electron chi connectivity index (χ4n) is 2.61. The van der Waals surface area contributed by atoms with Crippen LogP contribution >= 0.6 is 15.9 Å². The first-order valence-corrected chi connectivity index (χ1v) is 6.64. The van der Waals surface area contributed by atoms with Crippen molar-refractivity contribution in [3.63, 3.8) is 0 Å². The molecule has 1 aromatic rings. The minimum absolute atomic E-state index is 0.181. The molecule has 0 heterocycles. The highest BCUT2D eigenvalue weighted by molar-refractivity contribution is 9.10. The molecule has 1 unspecified atom stereocenters. The van der Waals surface area contributed by atoms with E-state index in [-0.39, 0.29) is 5.41 Å². The fraction of sp³-hybridized carbons (Fsp3) is 0.571. The molecular formula is C14H19BrO. The highest BCUT2D eigenvalue weighted by atomic mass is 79.9. The fourth-order valence-corrected chi connectivity index (χ4v) is 2.88. The molecule has 2 rings (SSSR count). The molecule has 1 aliphatic carbocycles. The molecule has 0 radical (unpaired) electrons. The summed E-state index contributed by atoms with van der Waals surface area (Å²) >= 11 is 3.44. The van der Waals surface area contributed by atoms with Crippen molar-refractivity contribution >= 4 is 15.9 Å². The summed E-state index contributed by atoms with van der Waals surface area (Å²) in [7, 11) is 0. The summed E-state index contributed by atoms with van der Waals surface area (Å²) in [5, 5.41) is 9.51. The molecule has 1 saturated carbocycles. The number of hydrogen-bond donors (Lipinski definition) is 1. The number of benzene rings is 1. The van der Waals surface area contributed by atoms with Crippen LogP contribution in [-0.4, -0.2) is 11.7 Å². The molecular weight excluding hydrogens is 264 g/mol. The first-order valence-electron chi connectivity index (χ1n) is 5.84. The minimum Gasteiger partial charge on any atom is -0.396 e. The monoisotopic (exact) mass is 282 g/mol. The van der Waals surface area contributed by atoms with Crippen molar-refractivity contribution in [2.75, 3.05) is 6.61 Å². The van der Waals surface area contributed by atoms with Crippen LogP contribution in [0.1, 0.15) is 32.3 Å². The van der Waals surface area contributed by atoms with E-state index in [1.807, 2.05) is 0 Å². The van der Waals surface area contributed by atoms with Gasteiger partial charge in [0.15, 0.2) is 0 Å². The van der Waals surface area contributed by atoms with Crippen molar-refractivity contribution in [3.8, 4) is 0 Å². The van der Waals surface area contributed by atoms with E-state index in [0.717, 1.165) is 23.7 Å². The van der Waals surface area contributed by atoms with Crippen LogP contribution < -0.4 is 0 Å². The SMILES string of the molecule is CC1(C)CC1(CO)CCc1ccc(Br)cc1. The summed E-state index contributed by atoms with van der Waals surface area (Å²) in [6.45, 7) is 4.84. The Morgan fingerprint density at radius 1 is 1.25 bits per heavy atom. The minimum atomic E-state index is 0.181. The van der Waals surface area contributed by atoms with Crippen LogP contribution in [0.25, 0.3) is 0 Å². The van der Waals surface area contributed by atoms with Crippen LogP contribution in [-0.2, 0) is 6.42 Å². The maximum absolute atomic E-state index is 9.51. The van der Waals surface area contributed by atoms with Gasteiger partial charge in [-0.1, -0.05) is 41.9 Å². The second kappa shape index (κ2) is 4.15. The molecule has 1 nitrogen and oxygen atoms in total. The lowest BCUT2D eigenvalue weighted by Gasteiger charge is -2.17. The Morgan fingerprint density at radius 3 is 2.25 bits per heavy atom. The van der Waals surface area contributed by atoms with E-state index in [1.165, 1.54) is 5.56 Å². The molecule has 0 aromatic heterocycles. The van der Waals surface area contributed by atoms with Crippen molar-refractivity contribution < 1.29 is 5.11 Å². The maximum Gasteiger partial charge on any atom is 0.0492 e. The van der Waals surface area contributed by atoms with Gasteiger partial charge < -0.3 is 5.11 Å². The van der Waals surface area contributed by atoms with Crippen molar-refractivity contribution in [2.24, 2.45) is 10.8 Å². The quantitative estimate of drug-likeness (QED) is 0.891. The van der Waals surface area contributed by atoms with Gasteiger partial charge in [0.2, 0.25) is 0 Å². The Balaban J connectivity index is 1.95. The third-order valence-electron chi connectivity index (χ3n) is 4.20. The highest BCUT2D eigenvalue weighted by Crippen LogP contribution is 2.65. The lowest BCUT2D eigenvalue weighted by atomic mass is 9.90. The summed E-state index contributed by atoms with van der Waals surface area (Å²) in [6.07, 6.45) is 3.32. The smallest absolute Gasteiger partial charge is 0.0492 e. The lowest BCUT2D eigenvalue weighted by Crippen LogP contribution is -2.15. The Bertz CT molecular complexity index is 369. The second-order valence-corrected chi connectivity index (χ2v) is 6.54. The topological polar surface area (TPSA) is 20.2 Å². The maximum atomic E-state index is 9.51. The van der Waals surface area contributed by atoms with Crippen molar-refractivity contribution in [1.29, 1.82) is 0 Å². The molecule has 2 heteroatoms. The summed E-state index contributed by atoms with van der Waals surface area (Å²) in [6, 6.07) is 8.48. The van der Waals surface area contributed by atoms with Crippen molar-refractivity contribution in [3.05, 3.63) is 34.3 Å². The molecule has 1 aromatic carbocycles. The Morgan fingerprint density at radius 2 is 1.81 bits per heavy atom. The number of aliphatic hydroxyl groups is 1. The van der Waals surface area contributed by atoms with Crippen LogP contribution in [0, 0.1) is 10.8 Å². The average molecular weight is 283 g/mol. The van der Waals surface area contributed by atoms with Gasteiger partial charge in [0.05, 0.1) is 0 Å². The zero-order valence-electron chi connectivity index (χ0n) is 9.96. The number of aryl methyl sites for hydroxylation is 1. The van der Waals surface area contributed by atoms with Gasteiger partial charge >= 0.3 is 0 Å². The van der Waals surface area contributed by atoms with Gasteiger partial charge in [-0.3, -0.25) is 0 Å². The zero-order chi connectivity index (χ0) is 11.8. The van der Waals surface area contributed by atoms with Gasteiger partial charge in [-0.15, -0.1) is 0 Å². The molecule has 0 aliphatic heterocycles. The van der Waals surface area contributed by atoms with E-state index in [1.54, 1.807) is 0 Å². The summed E-state index contributed by atoms with van der Waals surface area (Å²) in [4.78, 5) is 0. The third-order valence-corrected chi connectivity index (χ3v) is 4.73. The molecule has 0 amide bonds. The number of hydrogen-bond acceptors (Lipinski definition) is 1. The Kier molecular flexibility index (Phi) is 3.15. The van der Waals surface area contributed by atoms with Gasteiger partial charge in [-0.2, -0.15) is 0 Å². The zero-order valence-corrected chi connectivity index (χ0v) is 11.5. The van der Waals surface area contributed by atoms with E-state index >= 15 is 0 Å². The van der Waals surface area contributed by atoms with E-state index < -0.39 is 0 Å². The van der Waals surface area contributed by atoms with Crippen LogP contribution in [0.4, 0.5) is 0 Å². The van der Waals surface area contributed by atoms with Crippen LogP contribution in [0.15, 0.2) is 28.7 Å². The standard InChI is InChI=1S/C14H19BrO/c1-13(2)9-14(13,10-16)8-7-11-3-5-12(15)6-4-11/h3-6,16H,7-10H2,1-2H3. The van der Waals surface area contributed by atoms with Gasteiger partial charge in [0.1, 0.15) is 0 Å². The molecule has 16 heavy (non-hydrogen) atoms. The largest absolute Gasteiger partial charge is 0.396 e. The molecule has 0 bridgehead atoms. The van der Waals surface area contributed by atoms with Crippen molar-refractivity contribution in [1.82, 2.24) is 0 Å². The Labute approximate surface area is 106 Å². The van der Waals surface area contributed by atoms with Crippen molar-refractivity contribution in [2.45, 2.75) is 33.1 Å². The van der Waals surface area contributed by atoms with Gasteiger partial charge in [0.25, 0.3) is 0 Å². The van der Waals surface area contributed by atoms with Gasteiger partial charge in [0, 0.05) is 11.1 Å². The second-order valence-electron chi connectivity index (χ2n) is 5.63. The molecule has 1 aliphatic rings. The number of aliphatic hydroxyl groups excluding tert-OH is 1. The van der Waals surface area contributed by atoms with E-state index in [2.05, 4.69) is 54.0 Å². The Hall–Kier alpha value is -0.340. The summed E-state index contributed by atoms with van der Waals surface area (Å²) in [5.74, 6) is 0. The molecule has 1 N–H and O–H groups in total. The van der Waals surface area contributed by atoms with Crippen LogP contribution in [0.3, 0.4) is 0 Å². The van der Waals surface area contributed by atoms with E-state index in [9.17, 15) is 5.11 Å². The molecule has 88 valence electrons. The van der Waals surface area contributed by atoms with E-state index in [4.69, 9.17) is 0 Å². The van der Waals surface area contributed by atoms with E-state index in [0.29, 0.717) is 12.0 Å². The summed E-state index contributed by atoms with van der Waals surface area (Å²) in [5.41, 5.74) is 1.87. The predicted octanol–water partition coefficient (Wildman–Crippen LogP) is 3.79. The first kappa shape index (κ1) is 12.1. The average Bonchev–Trinajstić information content (AvgIpc) is 2.81. The number of halogens is 1. The number of rotatable bonds is 4. The third kappa shape index (κ3) is 2.18. The lowest BCUT2D eigenvalue weighted by molar-refractivity contribution is 0.171. The van der Waals surface area contributed by atoms with Crippen LogP contribution in [0.5, 0.6) is 0 Å². The molecule has 1 atom stereocenters. The first-order chi connectivity index (χ1) is 7.49. The highest BCUT2D eigenvalue weighted by Gasteiger charge is 2.59. The molecule has 1 fully saturated rings. The van der Waals surface area contributed by atoms with Gasteiger partial charge in [-0.05, 0) is 47.8 Å². The normalized spacial score (nSPS) is 26.8. The molecule has 0 spiro atoms. The molecule has 0 saturated heterocycles. The van der Waals surface area contributed by atoms with Crippen LogP contribution in [0.2, 0.25) is 0 Å². The van der Waals surface area contributed by atoms with Gasteiger partial charge in [-0.25, -0.2) is 0 Å². The summed E-state index contributed by atoms with van der Waals surface area (Å²) < 4.78 is 1.12. The predicted molar refractivity (Wildman–Crippen MR) is 70.4 cm³/mol.